The molecule has 0 spiro atoms. The van der Waals surface area contributed by atoms with Crippen LogP contribution < -0.4 is 4.72 Å². The van der Waals surface area contributed by atoms with Crippen molar-refractivity contribution < 1.29 is 13.2 Å². The van der Waals surface area contributed by atoms with Crippen LogP contribution in [0.5, 0.6) is 0 Å². The van der Waals surface area contributed by atoms with Crippen LogP contribution in [-0.4, -0.2) is 43.8 Å². The van der Waals surface area contributed by atoms with E-state index in [2.05, 4.69) is 4.72 Å². The van der Waals surface area contributed by atoms with Gasteiger partial charge in [-0.1, -0.05) is 23.7 Å². The van der Waals surface area contributed by atoms with Gasteiger partial charge in [0, 0.05) is 30.3 Å². The summed E-state index contributed by atoms with van der Waals surface area (Å²) in [4.78, 5) is 14.4. The lowest BCUT2D eigenvalue weighted by molar-refractivity contribution is 0.0772. The van der Waals surface area contributed by atoms with Crippen LogP contribution in [0.1, 0.15) is 15.9 Å². The fourth-order valence-electron chi connectivity index (χ4n) is 2.69. The molecule has 3 rings (SSSR count). The number of thioether (sulfide) groups is 1. The van der Waals surface area contributed by atoms with Crippen LogP contribution in [0.25, 0.3) is 0 Å². The molecular weight excluding hydrogens is 392 g/mol. The van der Waals surface area contributed by atoms with Gasteiger partial charge in [-0.05, 0) is 42.8 Å². The number of nitrogens with one attached hydrogen (secondary N) is 1. The molecule has 8 heteroatoms. The average Bonchev–Trinajstić information content (AvgIpc) is 2.62. The van der Waals surface area contributed by atoms with E-state index in [4.69, 9.17) is 11.6 Å². The molecule has 26 heavy (non-hydrogen) atoms. The van der Waals surface area contributed by atoms with Crippen molar-refractivity contribution in [3.8, 4) is 0 Å². The molecule has 0 radical (unpaired) electrons. The first kappa shape index (κ1) is 19.1. The minimum Gasteiger partial charge on any atom is -0.337 e. The summed E-state index contributed by atoms with van der Waals surface area (Å²) in [6.07, 6.45) is 0. The zero-order valence-corrected chi connectivity index (χ0v) is 16.6. The summed E-state index contributed by atoms with van der Waals surface area (Å²) in [6.45, 7) is 3.16. The summed E-state index contributed by atoms with van der Waals surface area (Å²) < 4.78 is 27.9. The summed E-state index contributed by atoms with van der Waals surface area (Å²) in [5.41, 5.74) is 1.63. The second-order valence-corrected chi connectivity index (χ2v) is 9.34. The van der Waals surface area contributed by atoms with Gasteiger partial charge >= 0.3 is 0 Å². The van der Waals surface area contributed by atoms with Gasteiger partial charge in [-0.25, -0.2) is 8.42 Å². The Morgan fingerprint density at radius 3 is 2.58 bits per heavy atom. The van der Waals surface area contributed by atoms with Crippen LogP contribution in [0.2, 0.25) is 5.02 Å². The topological polar surface area (TPSA) is 66.5 Å². The van der Waals surface area contributed by atoms with Gasteiger partial charge in [0.05, 0.1) is 15.5 Å². The first-order valence-corrected chi connectivity index (χ1v) is 11.1. The molecule has 0 aromatic heterocycles. The number of nitrogens with zero attached hydrogens (tertiary/aromatic N) is 1. The number of anilines is 1. The standard InChI is InChI=1S/C18H19ClN2O3S2/c1-13-3-2-4-14(11-13)20-26(23,24)15-5-6-17(19)16(12-15)18(22)21-7-9-25-10-8-21/h2-6,11-12,20H,7-10H2,1H3. The van der Waals surface area contributed by atoms with Crippen LogP contribution >= 0.6 is 23.4 Å². The quantitative estimate of drug-likeness (QED) is 0.835. The van der Waals surface area contributed by atoms with Crippen molar-refractivity contribution in [2.24, 2.45) is 0 Å². The van der Waals surface area contributed by atoms with E-state index in [1.165, 1.54) is 18.2 Å². The fraction of sp³-hybridized carbons (Fsp3) is 0.278. The number of hydrogen-bond donors (Lipinski definition) is 1. The highest BCUT2D eigenvalue weighted by Crippen LogP contribution is 2.25. The van der Waals surface area contributed by atoms with Crippen LogP contribution in [0.15, 0.2) is 47.4 Å². The highest BCUT2D eigenvalue weighted by molar-refractivity contribution is 7.99. The Morgan fingerprint density at radius 1 is 1.15 bits per heavy atom. The molecule has 5 nitrogen and oxygen atoms in total. The smallest absolute Gasteiger partial charge is 0.261 e. The molecule has 138 valence electrons. The Labute approximate surface area is 162 Å². The minimum absolute atomic E-state index is 0.0122. The summed E-state index contributed by atoms with van der Waals surface area (Å²) in [5, 5.41) is 0.253. The number of carbonyl (C=O) groups is 1. The molecule has 0 unspecified atom stereocenters. The van der Waals surface area contributed by atoms with E-state index < -0.39 is 10.0 Å². The number of rotatable bonds is 4. The number of sulfonamides is 1. The van der Waals surface area contributed by atoms with E-state index in [0.29, 0.717) is 18.8 Å². The summed E-state index contributed by atoms with van der Waals surface area (Å²) in [6, 6.07) is 11.3. The molecule has 0 bridgehead atoms. The van der Waals surface area contributed by atoms with Gasteiger partial charge in [0.2, 0.25) is 0 Å². The van der Waals surface area contributed by atoms with Crippen molar-refractivity contribution in [2.45, 2.75) is 11.8 Å². The van der Waals surface area contributed by atoms with Crippen molar-refractivity contribution in [1.82, 2.24) is 4.90 Å². The number of halogens is 1. The predicted octanol–water partition coefficient (Wildman–Crippen LogP) is 3.64. The Balaban J connectivity index is 1.89. The Kier molecular flexibility index (Phi) is 5.79. The Morgan fingerprint density at radius 2 is 1.88 bits per heavy atom. The second kappa shape index (κ2) is 7.90. The molecule has 2 aromatic rings. The zero-order chi connectivity index (χ0) is 18.7. The lowest BCUT2D eigenvalue weighted by Crippen LogP contribution is -2.38. The normalized spacial score (nSPS) is 14.9. The number of carbonyl (C=O) groups excluding carboxylic acids is 1. The Bertz CT molecular complexity index is 926. The summed E-state index contributed by atoms with van der Waals surface area (Å²) >= 11 is 7.97. The van der Waals surface area contributed by atoms with Gasteiger partial charge in [-0.2, -0.15) is 11.8 Å². The van der Waals surface area contributed by atoms with Crippen LogP contribution in [0.4, 0.5) is 5.69 Å². The molecule has 1 fully saturated rings. The zero-order valence-electron chi connectivity index (χ0n) is 14.2. The van der Waals surface area contributed by atoms with Crippen molar-refractivity contribution in [3.63, 3.8) is 0 Å². The maximum Gasteiger partial charge on any atom is 0.261 e. The largest absolute Gasteiger partial charge is 0.337 e. The lowest BCUT2D eigenvalue weighted by atomic mass is 10.2. The summed E-state index contributed by atoms with van der Waals surface area (Å²) in [5.74, 6) is 1.51. The van der Waals surface area contributed by atoms with E-state index in [0.717, 1.165) is 17.1 Å². The van der Waals surface area contributed by atoms with Crippen LogP contribution in [-0.2, 0) is 10.0 Å². The van der Waals surface area contributed by atoms with Gasteiger partial charge in [-0.15, -0.1) is 0 Å². The number of aryl methyl sites for hydroxylation is 1. The highest BCUT2D eigenvalue weighted by atomic mass is 35.5. The third kappa shape index (κ3) is 4.34. The molecule has 0 atom stereocenters. The molecule has 1 amide bonds. The third-order valence-corrected chi connectivity index (χ3v) is 6.70. The first-order valence-electron chi connectivity index (χ1n) is 8.13. The van der Waals surface area contributed by atoms with E-state index in [-0.39, 0.29) is 21.4 Å². The van der Waals surface area contributed by atoms with Gasteiger partial charge < -0.3 is 4.90 Å². The molecule has 0 aliphatic carbocycles. The molecule has 1 saturated heterocycles. The van der Waals surface area contributed by atoms with Crippen LogP contribution in [0.3, 0.4) is 0 Å². The number of amides is 1. The second-order valence-electron chi connectivity index (χ2n) is 6.02. The summed E-state index contributed by atoms with van der Waals surface area (Å²) in [7, 11) is -3.82. The van der Waals surface area contributed by atoms with E-state index in [1.807, 2.05) is 13.0 Å². The Hall–Kier alpha value is -1.70. The van der Waals surface area contributed by atoms with Gasteiger partial charge in [0.15, 0.2) is 0 Å². The van der Waals surface area contributed by atoms with E-state index in [1.54, 1.807) is 34.9 Å². The monoisotopic (exact) mass is 410 g/mol. The highest BCUT2D eigenvalue weighted by Gasteiger charge is 2.23. The lowest BCUT2D eigenvalue weighted by Gasteiger charge is -2.27. The SMILES string of the molecule is Cc1cccc(NS(=O)(=O)c2ccc(Cl)c(C(=O)N3CCSCC3)c2)c1. The fourth-order valence-corrected chi connectivity index (χ4v) is 4.87. The third-order valence-electron chi connectivity index (χ3n) is 4.05. The molecular formula is C18H19ClN2O3S2. The van der Waals surface area contributed by atoms with Crippen molar-refractivity contribution in [1.29, 1.82) is 0 Å². The van der Waals surface area contributed by atoms with Gasteiger partial charge in [0.25, 0.3) is 15.9 Å². The first-order chi connectivity index (χ1) is 12.4. The maximum absolute atomic E-state index is 12.7. The van der Waals surface area contributed by atoms with Crippen molar-refractivity contribution in [3.05, 3.63) is 58.6 Å². The average molecular weight is 411 g/mol. The van der Waals surface area contributed by atoms with Crippen LogP contribution in [0, 0.1) is 6.92 Å². The van der Waals surface area contributed by atoms with E-state index in [9.17, 15) is 13.2 Å². The molecule has 1 aliphatic heterocycles. The molecule has 0 saturated carbocycles. The van der Waals surface area contributed by atoms with Gasteiger partial charge in [-0.3, -0.25) is 9.52 Å². The van der Waals surface area contributed by atoms with Crippen molar-refractivity contribution >= 4 is 45.0 Å². The number of hydrogen-bond acceptors (Lipinski definition) is 4. The maximum atomic E-state index is 12.7. The molecule has 1 N–H and O–H groups in total. The molecule has 1 heterocycles. The predicted molar refractivity (Wildman–Crippen MR) is 107 cm³/mol. The number of benzene rings is 2. The van der Waals surface area contributed by atoms with Gasteiger partial charge in [0.1, 0.15) is 0 Å². The van der Waals surface area contributed by atoms with Crippen molar-refractivity contribution in [2.75, 3.05) is 29.3 Å². The minimum atomic E-state index is -3.82. The molecule has 1 aliphatic rings. The molecule has 2 aromatic carbocycles. The van der Waals surface area contributed by atoms with E-state index >= 15 is 0 Å².